The number of hydrogen-bond donors (Lipinski definition) is 0. The summed E-state index contributed by atoms with van der Waals surface area (Å²) in [5, 5.41) is 0. The maximum atomic E-state index is 11.6. The van der Waals surface area contributed by atoms with Crippen LogP contribution in [0.1, 0.15) is 60.3 Å². The Bertz CT molecular complexity index is 217. The van der Waals surface area contributed by atoms with Gasteiger partial charge in [-0.25, -0.2) is 4.79 Å². The van der Waals surface area contributed by atoms with E-state index in [1.165, 1.54) is 19.3 Å². The Labute approximate surface area is 107 Å². The van der Waals surface area contributed by atoms with Gasteiger partial charge in [-0.15, -0.1) is 0 Å². The van der Waals surface area contributed by atoms with E-state index in [4.69, 9.17) is 4.74 Å². The third-order valence-electron chi connectivity index (χ3n) is 2.80. The van der Waals surface area contributed by atoms with Gasteiger partial charge in [0.1, 0.15) is 5.60 Å². The van der Waals surface area contributed by atoms with Crippen molar-refractivity contribution in [2.24, 2.45) is 5.92 Å². The van der Waals surface area contributed by atoms with E-state index in [2.05, 4.69) is 0 Å². The topological polar surface area (TPSA) is 29.5 Å². The van der Waals surface area contributed by atoms with Crippen LogP contribution in [0.4, 0.5) is 4.79 Å². The van der Waals surface area contributed by atoms with Crippen LogP contribution in [0.25, 0.3) is 0 Å². The highest BCUT2D eigenvalue weighted by Crippen LogP contribution is 2.29. The highest BCUT2D eigenvalue weighted by atomic mass is 16.6. The van der Waals surface area contributed by atoms with Crippen molar-refractivity contribution in [2.45, 2.75) is 65.9 Å². The first-order chi connectivity index (χ1) is 7.88. The second kappa shape index (κ2) is 7.57. The zero-order valence-corrected chi connectivity index (χ0v) is 12.4. The normalized spacial score (nSPS) is 15.4. The summed E-state index contributed by atoms with van der Waals surface area (Å²) in [5.41, 5.74) is -0.387. The first-order valence-corrected chi connectivity index (χ1v) is 6.82. The molecule has 1 aliphatic rings. The van der Waals surface area contributed by atoms with Gasteiger partial charge in [-0.1, -0.05) is 33.1 Å². The van der Waals surface area contributed by atoms with Gasteiger partial charge in [0.05, 0.1) is 0 Å². The van der Waals surface area contributed by atoms with Crippen LogP contribution < -0.4 is 0 Å². The molecule has 0 N–H and O–H groups in total. The lowest BCUT2D eigenvalue weighted by Crippen LogP contribution is -2.35. The van der Waals surface area contributed by atoms with E-state index in [9.17, 15) is 4.79 Å². The van der Waals surface area contributed by atoms with Crippen LogP contribution in [0.15, 0.2) is 0 Å². The van der Waals surface area contributed by atoms with Crippen LogP contribution in [0.2, 0.25) is 0 Å². The average molecular weight is 243 g/mol. The predicted molar refractivity (Wildman–Crippen MR) is 72.2 cm³/mol. The Morgan fingerprint density at radius 3 is 2.18 bits per heavy atom. The molecular formula is C14H29NO2. The molecule has 0 aromatic heterocycles. The van der Waals surface area contributed by atoms with Crippen molar-refractivity contribution < 1.29 is 9.53 Å². The minimum absolute atomic E-state index is 0.207. The number of nitrogens with zero attached hydrogens (tertiary/aromatic N) is 1. The number of hydrogen-bond acceptors (Lipinski definition) is 2. The van der Waals surface area contributed by atoms with Gasteiger partial charge in [0.2, 0.25) is 0 Å². The molecule has 1 saturated carbocycles. The monoisotopic (exact) mass is 243 g/mol. The van der Waals surface area contributed by atoms with Gasteiger partial charge < -0.3 is 9.64 Å². The van der Waals surface area contributed by atoms with Gasteiger partial charge in [-0.3, -0.25) is 0 Å². The van der Waals surface area contributed by atoms with Gasteiger partial charge in [0.15, 0.2) is 0 Å². The van der Waals surface area contributed by atoms with Crippen LogP contribution in [-0.4, -0.2) is 30.2 Å². The summed E-state index contributed by atoms with van der Waals surface area (Å²) in [6.07, 6.45) is 4.95. The molecule has 0 aliphatic heterocycles. The molecule has 0 saturated heterocycles. The molecule has 1 rings (SSSR count). The Hall–Kier alpha value is -0.730. The molecule has 17 heavy (non-hydrogen) atoms. The molecule has 3 heteroatoms. The van der Waals surface area contributed by atoms with Crippen LogP contribution in [0.3, 0.4) is 0 Å². The first kappa shape index (κ1) is 16.3. The smallest absolute Gasteiger partial charge is 0.410 e. The van der Waals surface area contributed by atoms with Gasteiger partial charge >= 0.3 is 6.09 Å². The van der Waals surface area contributed by atoms with Gasteiger partial charge in [-0.05, 0) is 33.1 Å². The fourth-order valence-corrected chi connectivity index (χ4v) is 1.59. The maximum Gasteiger partial charge on any atom is 0.410 e. The quantitative estimate of drug-likeness (QED) is 0.747. The zero-order valence-electron chi connectivity index (χ0n) is 12.4. The van der Waals surface area contributed by atoms with Gasteiger partial charge in [0, 0.05) is 13.6 Å². The van der Waals surface area contributed by atoms with Crippen molar-refractivity contribution in [3.8, 4) is 0 Å². The summed E-state index contributed by atoms with van der Waals surface area (Å²) in [7, 11) is 1.81. The van der Waals surface area contributed by atoms with Crippen molar-refractivity contribution in [2.75, 3.05) is 13.6 Å². The fourth-order valence-electron chi connectivity index (χ4n) is 1.59. The number of amides is 1. The Morgan fingerprint density at radius 2 is 1.82 bits per heavy atom. The molecular weight excluding hydrogens is 214 g/mol. The molecule has 1 aliphatic carbocycles. The zero-order chi connectivity index (χ0) is 13.5. The standard InChI is InChI=1S/C12H23NO2.C2H6/c1-12(2,3)15-11(14)13(4)9-8-10-6-5-7-10;1-2/h10H,5-9H2,1-4H3;1-2H3. The summed E-state index contributed by atoms with van der Waals surface area (Å²) in [6.45, 7) is 10.5. The largest absolute Gasteiger partial charge is 0.444 e. The van der Waals surface area contributed by atoms with Crippen LogP contribution >= 0.6 is 0 Å². The summed E-state index contributed by atoms with van der Waals surface area (Å²) < 4.78 is 5.27. The highest BCUT2D eigenvalue weighted by molar-refractivity contribution is 5.67. The van der Waals surface area contributed by atoms with Crippen LogP contribution in [0.5, 0.6) is 0 Å². The molecule has 0 radical (unpaired) electrons. The van der Waals surface area contributed by atoms with Crippen molar-refractivity contribution in [3.63, 3.8) is 0 Å². The Morgan fingerprint density at radius 1 is 1.29 bits per heavy atom. The number of carbonyl (C=O) groups is 1. The maximum absolute atomic E-state index is 11.6. The minimum Gasteiger partial charge on any atom is -0.444 e. The van der Waals surface area contributed by atoms with E-state index in [0.29, 0.717) is 0 Å². The molecule has 1 fully saturated rings. The number of ether oxygens (including phenoxy) is 1. The molecule has 0 unspecified atom stereocenters. The van der Waals surface area contributed by atoms with Crippen molar-refractivity contribution in [1.29, 1.82) is 0 Å². The summed E-state index contributed by atoms with van der Waals surface area (Å²) >= 11 is 0. The van der Waals surface area contributed by atoms with E-state index >= 15 is 0 Å². The van der Waals surface area contributed by atoms with Crippen LogP contribution in [0, 0.1) is 5.92 Å². The Kier molecular flexibility index (Phi) is 7.24. The second-order valence-corrected chi connectivity index (χ2v) is 5.49. The van der Waals surface area contributed by atoms with Gasteiger partial charge in [-0.2, -0.15) is 0 Å². The Balaban J connectivity index is 0.00000121. The second-order valence-electron chi connectivity index (χ2n) is 5.49. The number of carbonyl (C=O) groups excluding carboxylic acids is 1. The molecule has 1 amide bonds. The fraction of sp³-hybridized carbons (Fsp3) is 0.929. The summed E-state index contributed by atoms with van der Waals surface area (Å²) in [5.74, 6) is 0.842. The minimum atomic E-state index is -0.387. The van der Waals surface area contributed by atoms with E-state index < -0.39 is 0 Å². The molecule has 0 aromatic carbocycles. The molecule has 0 atom stereocenters. The van der Waals surface area contributed by atoms with Crippen molar-refractivity contribution >= 4 is 6.09 Å². The van der Waals surface area contributed by atoms with E-state index in [-0.39, 0.29) is 11.7 Å². The van der Waals surface area contributed by atoms with Crippen molar-refractivity contribution in [3.05, 3.63) is 0 Å². The van der Waals surface area contributed by atoms with Crippen LogP contribution in [-0.2, 0) is 4.74 Å². The molecule has 0 spiro atoms. The number of rotatable bonds is 3. The SMILES string of the molecule is CC.CN(CCC1CCC1)C(=O)OC(C)(C)C. The van der Waals surface area contributed by atoms with Gasteiger partial charge in [0.25, 0.3) is 0 Å². The molecule has 0 heterocycles. The van der Waals surface area contributed by atoms with E-state index in [1.807, 2.05) is 41.7 Å². The van der Waals surface area contributed by atoms with E-state index in [0.717, 1.165) is 18.9 Å². The average Bonchev–Trinajstić information content (AvgIpc) is 2.15. The molecule has 102 valence electrons. The lowest BCUT2D eigenvalue weighted by Gasteiger charge is -2.29. The third kappa shape index (κ3) is 7.24. The summed E-state index contributed by atoms with van der Waals surface area (Å²) in [4.78, 5) is 13.3. The third-order valence-corrected chi connectivity index (χ3v) is 2.80. The molecule has 0 aromatic rings. The summed E-state index contributed by atoms with van der Waals surface area (Å²) in [6, 6.07) is 0. The lowest BCUT2D eigenvalue weighted by molar-refractivity contribution is 0.0284. The highest BCUT2D eigenvalue weighted by Gasteiger charge is 2.22. The molecule has 0 bridgehead atoms. The molecule has 3 nitrogen and oxygen atoms in total. The predicted octanol–water partition coefficient (Wildman–Crippen LogP) is 4.07. The lowest BCUT2D eigenvalue weighted by atomic mass is 9.83. The van der Waals surface area contributed by atoms with E-state index in [1.54, 1.807) is 4.90 Å². The first-order valence-electron chi connectivity index (χ1n) is 6.82. The van der Waals surface area contributed by atoms with Crippen molar-refractivity contribution in [1.82, 2.24) is 4.90 Å².